The van der Waals surface area contributed by atoms with Crippen LogP contribution in [0, 0.1) is 0 Å². The highest BCUT2D eigenvalue weighted by molar-refractivity contribution is 6.31. The molecule has 2 N–H and O–H groups in total. The van der Waals surface area contributed by atoms with Gasteiger partial charge in [0.05, 0.1) is 19.8 Å². The van der Waals surface area contributed by atoms with Crippen molar-refractivity contribution in [3.05, 3.63) is 28.8 Å². The van der Waals surface area contributed by atoms with Crippen LogP contribution in [0.5, 0.6) is 5.75 Å². The van der Waals surface area contributed by atoms with E-state index in [1.165, 1.54) is 0 Å². The lowest BCUT2D eigenvalue weighted by Gasteiger charge is -2.15. The van der Waals surface area contributed by atoms with Gasteiger partial charge in [-0.25, -0.2) is 0 Å². The summed E-state index contributed by atoms with van der Waals surface area (Å²) in [5.74, 6) is 0.772. The van der Waals surface area contributed by atoms with Crippen molar-refractivity contribution in [3.63, 3.8) is 0 Å². The highest BCUT2D eigenvalue weighted by atomic mass is 35.5. The van der Waals surface area contributed by atoms with E-state index in [0.717, 1.165) is 11.3 Å². The zero-order valence-electron chi connectivity index (χ0n) is 11.5. The van der Waals surface area contributed by atoms with Gasteiger partial charge in [-0.3, -0.25) is 0 Å². The molecule has 5 heteroatoms. The first-order valence-corrected chi connectivity index (χ1v) is 6.85. The second-order valence-electron chi connectivity index (χ2n) is 4.44. The summed E-state index contributed by atoms with van der Waals surface area (Å²) in [6, 6.07) is 6.01. The number of hydrogen-bond donors (Lipinski definition) is 2. The van der Waals surface area contributed by atoms with Crippen LogP contribution in [0.25, 0.3) is 0 Å². The average Bonchev–Trinajstić information content (AvgIpc) is 2.37. The van der Waals surface area contributed by atoms with Gasteiger partial charge in [0.15, 0.2) is 0 Å². The molecule has 0 fully saturated rings. The number of hydrogen-bond acceptors (Lipinski definition) is 4. The maximum Gasteiger partial charge on any atom is 0.125 e. The first kappa shape index (κ1) is 16.2. The molecular formula is C14H22ClNO3. The Labute approximate surface area is 119 Å². The minimum absolute atomic E-state index is 0.0285. The molecule has 108 valence electrons. The predicted octanol–water partition coefficient (Wildman–Crippen LogP) is 2.23. The van der Waals surface area contributed by atoms with E-state index in [4.69, 9.17) is 26.2 Å². The Morgan fingerprint density at radius 3 is 2.74 bits per heavy atom. The molecule has 0 radical (unpaired) electrons. The molecular weight excluding hydrogens is 266 g/mol. The van der Waals surface area contributed by atoms with Gasteiger partial charge in [0.2, 0.25) is 0 Å². The third kappa shape index (κ3) is 6.25. The van der Waals surface area contributed by atoms with E-state index >= 15 is 0 Å². The summed E-state index contributed by atoms with van der Waals surface area (Å²) in [5.41, 5.74) is 0.958. The molecule has 4 nitrogen and oxygen atoms in total. The van der Waals surface area contributed by atoms with E-state index < -0.39 is 0 Å². The Balaban J connectivity index is 2.53. The van der Waals surface area contributed by atoms with Crippen LogP contribution in [0.1, 0.15) is 19.4 Å². The van der Waals surface area contributed by atoms with Gasteiger partial charge < -0.3 is 19.9 Å². The van der Waals surface area contributed by atoms with E-state index in [-0.39, 0.29) is 6.61 Å². The topological polar surface area (TPSA) is 50.7 Å². The molecule has 0 saturated heterocycles. The quantitative estimate of drug-likeness (QED) is 0.684. The third-order valence-corrected chi connectivity index (χ3v) is 2.84. The Morgan fingerprint density at radius 2 is 2.05 bits per heavy atom. The normalized spacial score (nSPS) is 11.0. The number of aliphatic hydroxyl groups excluding tert-OH is 1. The standard InChI is InChI=1S/C14H22ClNO3/c1-11(2)16-10-12-13(15)4-3-5-14(12)19-9-8-18-7-6-17/h3-5,11,16-17H,6-10H2,1-2H3. The van der Waals surface area contributed by atoms with Gasteiger partial charge in [0.1, 0.15) is 12.4 Å². The summed E-state index contributed by atoms with van der Waals surface area (Å²) in [4.78, 5) is 0. The molecule has 0 bridgehead atoms. The number of ether oxygens (including phenoxy) is 2. The van der Waals surface area contributed by atoms with E-state index in [1.54, 1.807) is 0 Å². The second kappa shape index (κ2) is 9.15. The van der Waals surface area contributed by atoms with Crippen molar-refractivity contribution < 1.29 is 14.6 Å². The van der Waals surface area contributed by atoms with Gasteiger partial charge in [-0.05, 0) is 12.1 Å². The number of nitrogens with one attached hydrogen (secondary N) is 1. The average molecular weight is 288 g/mol. The SMILES string of the molecule is CC(C)NCc1c(Cl)cccc1OCCOCCO. The smallest absolute Gasteiger partial charge is 0.125 e. The fraction of sp³-hybridized carbons (Fsp3) is 0.571. The Morgan fingerprint density at radius 1 is 1.26 bits per heavy atom. The third-order valence-electron chi connectivity index (χ3n) is 2.48. The fourth-order valence-corrected chi connectivity index (χ4v) is 1.76. The molecule has 1 aromatic carbocycles. The van der Waals surface area contributed by atoms with Gasteiger partial charge in [-0.1, -0.05) is 31.5 Å². The number of benzene rings is 1. The predicted molar refractivity (Wildman–Crippen MR) is 76.8 cm³/mol. The molecule has 0 aliphatic heterocycles. The number of aliphatic hydroxyl groups is 1. The summed E-state index contributed by atoms with van der Waals surface area (Å²) >= 11 is 6.19. The minimum atomic E-state index is 0.0285. The van der Waals surface area contributed by atoms with Crippen molar-refractivity contribution in [2.24, 2.45) is 0 Å². The van der Waals surface area contributed by atoms with Crippen LogP contribution in [-0.4, -0.2) is 37.6 Å². The highest BCUT2D eigenvalue weighted by Crippen LogP contribution is 2.26. The van der Waals surface area contributed by atoms with Crippen molar-refractivity contribution in [1.29, 1.82) is 0 Å². The van der Waals surface area contributed by atoms with Crippen LogP contribution >= 0.6 is 11.6 Å². The zero-order chi connectivity index (χ0) is 14.1. The first-order valence-electron chi connectivity index (χ1n) is 6.47. The molecule has 0 aliphatic carbocycles. The van der Waals surface area contributed by atoms with Gasteiger partial charge in [0, 0.05) is 23.2 Å². The molecule has 19 heavy (non-hydrogen) atoms. The highest BCUT2D eigenvalue weighted by Gasteiger charge is 2.08. The van der Waals surface area contributed by atoms with E-state index in [0.29, 0.717) is 37.4 Å². The van der Waals surface area contributed by atoms with Gasteiger partial charge >= 0.3 is 0 Å². The van der Waals surface area contributed by atoms with E-state index in [2.05, 4.69) is 19.2 Å². The Bertz CT molecular complexity index is 372. The van der Waals surface area contributed by atoms with Crippen LogP contribution in [0.15, 0.2) is 18.2 Å². The maximum absolute atomic E-state index is 8.59. The van der Waals surface area contributed by atoms with Crippen molar-refractivity contribution >= 4 is 11.6 Å². The van der Waals surface area contributed by atoms with Gasteiger partial charge in [-0.15, -0.1) is 0 Å². The number of rotatable bonds is 9. The Kier molecular flexibility index (Phi) is 7.82. The molecule has 0 amide bonds. The van der Waals surface area contributed by atoms with Crippen molar-refractivity contribution in [2.75, 3.05) is 26.4 Å². The Hall–Kier alpha value is -0.810. The molecule has 0 heterocycles. The lowest BCUT2D eigenvalue weighted by molar-refractivity contribution is 0.0703. The molecule has 0 spiro atoms. The van der Waals surface area contributed by atoms with Gasteiger partial charge in [-0.2, -0.15) is 0 Å². The monoisotopic (exact) mass is 287 g/mol. The molecule has 0 atom stereocenters. The molecule has 0 saturated carbocycles. The largest absolute Gasteiger partial charge is 0.491 e. The molecule has 1 rings (SSSR count). The van der Waals surface area contributed by atoms with E-state index in [9.17, 15) is 0 Å². The lowest BCUT2D eigenvalue weighted by atomic mass is 10.2. The first-order chi connectivity index (χ1) is 9.15. The van der Waals surface area contributed by atoms with Gasteiger partial charge in [0.25, 0.3) is 0 Å². The van der Waals surface area contributed by atoms with Crippen molar-refractivity contribution in [2.45, 2.75) is 26.4 Å². The molecule has 0 aliphatic rings. The lowest BCUT2D eigenvalue weighted by Crippen LogP contribution is -2.22. The van der Waals surface area contributed by atoms with Crippen molar-refractivity contribution in [3.8, 4) is 5.75 Å². The van der Waals surface area contributed by atoms with Crippen molar-refractivity contribution in [1.82, 2.24) is 5.32 Å². The summed E-state index contributed by atoms with van der Waals surface area (Å²) in [5, 5.41) is 12.6. The summed E-state index contributed by atoms with van der Waals surface area (Å²) < 4.78 is 10.8. The number of halogens is 1. The van der Waals surface area contributed by atoms with Crippen LogP contribution in [0.4, 0.5) is 0 Å². The summed E-state index contributed by atoms with van der Waals surface area (Å²) in [6.45, 7) is 6.09. The van der Waals surface area contributed by atoms with Crippen LogP contribution in [-0.2, 0) is 11.3 Å². The fourth-order valence-electron chi connectivity index (χ4n) is 1.53. The van der Waals surface area contributed by atoms with Crippen LogP contribution in [0.2, 0.25) is 5.02 Å². The molecule has 0 unspecified atom stereocenters. The summed E-state index contributed by atoms with van der Waals surface area (Å²) in [7, 11) is 0. The van der Waals surface area contributed by atoms with Crippen LogP contribution in [0.3, 0.4) is 0 Å². The molecule has 0 aromatic heterocycles. The maximum atomic E-state index is 8.59. The van der Waals surface area contributed by atoms with Crippen LogP contribution < -0.4 is 10.1 Å². The molecule has 1 aromatic rings. The second-order valence-corrected chi connectivity index (χ2v) is 4.84. The minimum Gasteiger partial charge on any atom is -0.491 e. The van der Waals surface area contributed by atoms with E-state index in [1.807, 2.05) is 18.2 Å². The summed E-state index contributed by atoms with van der Waals surface area (Å²) in [6.07, 6.45) is 0. The zero-order valence-corrected chi connectivity index (χ0v) is 12.2.